The summed E-state index contributed by atoms with van der Waals surface area (Å²) in [6.45, 7) is 1.64. The number of amides is 1. The van der Waals surface area contributed by atoms with E-state index in [1.165, 1.54) is 40.3 Å². The van der Waals surface area contributed by atoms with Gasteiger partial charge < -0.3 is 14.6 Å². The standard InChI is InChI=1S/C24H28FN5O4S2/c1-34-15-14-30-23(18-6-5-13-29(16-18)36(32,33)21-7-3-2-4-8-21)27-28-24(30)35-17-22(31)26-20-11-9-19(25)10-12-20/h2-4,7-12,18H,5-6,13-17H2,1H3,(H,26,31)/t18-/m1/s1. The van der Waals surface area contributed by atoms with Gasteiger partial charge >= 0.3 is 0 Å². The third kappa shape index (κ3) is 6.30. The van der Waals surface area contributed by atoms with Crippen molar-refractivity contribution in [3.05, 3.63) is 66.2 Å². The Balaban J connectivity index is 1.47. The molecule has 1 aliphatic heterocycles. The van der Waals surface area contributed by atoms with Gasteiger partial charge in [-0.15, -0.1) is 10.2 Å². The molecule has 1 aliphatic rings. The number of rotatable bonds is 10. The topological polar surface area (TPSA) is 106 Å². The van der Waals surface area contributed by atoms with Gasteiger partial charge in [0.15, 0.2) is 5.16 Å². The maximum Gasteiger partial charge on any atom is 0.243 e. The highest BCUT2D eigenvalue weighted by Crippen LogP contribution is 2.31. The summed E-state index contributed by atoms with van der Waals surface area (Å²) >= 11 is 1.23. The first kappa shape index (κ1) is 26.3. The lowest BCUT2D eigenvalue weighted by atomic mass is 9.99. The van der Waals surface area contributed by atoms with Crippen molar-refractivity contribution in [3.63, 3.8) is 0 Å². The van der Waals surface area contributed by atoms with Crippen LogP contribution in [-0.4, -0.2) is 66.0 Å². The number of nitrogens with one attached hydrogen (secondary N) is 1. The molecule has 0 saturated carbocycles. The largest absolute Gasteiger partial charge is 0.383 e. The van der Waals surface area contributed by atoms with Gasteiger partial charge in [0.25, 0.3) is 0 Å². The van der Waals surface area contributed by atoms with Gasteiger partial charge in [0, 0.05) is 38.3 Å². The second kappa shape index (κ2) is 12.0. The predicted molar refractivity (Wildman–Crippen MR) is 135 cm³/mol. The second-order valence-electron chi connectivity index (χ2n) is 8.34. The molecule has 4 rings (SSSR count). The van der Waals surface area contributed by atoms with E-state index in [0.717, 1.165) is 6.42 Å². The molecule has 12 heteroatoms. The first-order valence-electron chi connectivity index (χ1n) is 11.5. The fraction of sp³-hybridized carbons (Fsp3) is 0.375. The first-order chi connectivity index (χ1) is 17.4. The smallest absolute Gasteiger partial charge is 0.243 e. The number of halogens is 1. The number of hydrogen-bond acceptors (Lipinski definition) is 7. The Morgan fingerprint density at radius 1 is 1.17 bits per heavy atom. The fourth-order valence-electron chi connectivity index (χ4n) is 4.07. The van der Waals surface area contributed by atoms with E-state index in [9.17, 15) is 17.6 Å². The number of ether oxygens (including phenoxy) is 1. The number of anilines is 1. The Morgan fingerprint density at radius 2 is 1.92 bits per heavy atom. The van der Waals surface area contributed by atoms with Crippen LogP contribution in [0.2, 0.25) is 0 Å². The van der Waals surface area contributed by atoms with Crippen molar-refractivity contribution >= 4 is 33.4 Å². The highest BCUT2D eigenvalue weighted by molar-refractivity contribution is 7.99. The van der Waals surface area contributed by atoms with Crippen molar-refractivity contribution in [2.24, 2.45) is 0 Å². The van der Waals surface area contributed by atoms with Crippen LogP contribution in [0.3, 0.4) is 0 Å². The molecule has 1 amide bonds. The quantitative estimate of drug-likeness (QED) is 0.398. The van der Waals surface area contributed by atoms with Gasteiger partial charge in [0.2, 0.25) is 15.9 Å². The van der Waals surface area contributed by atoms with Gasteiger partial charge in [0.1, 0.15) is 11.6 Å². The van der Waals surface area contributed by atoms with Gasteiger partial charge in [-0.25, -0.2) is 12.8 Å². The highest BCUT2D eigenvalue weighted by atomic mass is 32.2. The molecular weight excluding hydrogens is 505 g/mol. The number of piperidine rings is 1. The molecule has 0 aliphatic carbocycles. The van der Waals surface area contributed by atoms with E-state index in [-0.39, 0.29) is 28.3 Å². The average Bonchev–Trinajstić information content (AvgIpc) is 3.31. The molecule has 2 heterocycles. The van der Waals surface area contributed by atoms with Crippen LogP contribution < -0.4 is 5.32 Å². The minimum Gasteiger partial charge on any atom is -0.383 e. The van der Waals surface area contributed by atoms with Gasteiger partial charge in [-0.1, -0.05) is 30.0 Å². The fourth-order valence-corrected chi connectivity index (χ4v) is 6.39. The number of nitrogens with zero attached hydrogens (tertiary/aromatic N) is 4. The van der Waals surface area contributed by atoms with Gasteiger partial charge in [-0.3, -0.25) is 4.79 Å². The van der Waals surface area contributed by atoms with Crippen LogP contribution in [0.25, 0.3) is 0 Å². The predicted octanol–water partition coefficient (Wildman–Crippen LogP) is 3.36. The van der Waals surface area contributed by atoms with Crippen LogP contribution >= 0.6 is 11.8 Å². The van der Waals surface area contributed by atoms with E-state index in [1.54, 1.807) is 37.4 Å². The zero-order valence-electron chi connectivity index (χ0n) is 19.8. The Bertz CT molecular complexity index is 1270. The zero-order valence-corrected chi connectivity index (χ0v) is 21.5. The Kier molecular flexibility index (Phi) is 8.72. The van der Waals surface area contributed by atoms with Crippen LogP contribution in [0.1, 0.15) is 24.6 Å². The Hall–Kier alpha value is -2.80. The van der Waals surface area contributed by atoms with Crippen molar-refractivity contribution in [3.8, 4) is 0 Å². The molecular formula is C24H28FN5O4S2. The molecule has 9 nitrogen and oxygen atoms in total. The lowest BCUT2D eigenvalue weighted by Crippen LogP contribution is -2.39. The minimum atomic E-state index is -3.61. The van der Waals surface area contributed by atoms with Crippen molar-refractivity contribution in [1.82, 2.24) is 19.1 Å². The molecule has 0 spiro atoms. The number of sulfonamides is 1. The monoisotopic (exact) mass is 533 g/mol. The number of hydrogen-bond donors (Lipinski definition) is 1. The molecule has 0 unspecified atom stereocenters. The molecule has 2 aromatic carbocycles. The minimum absolute atomic E-state index is 0.0850. The number of benzene rings is 2. The highest BCUT2D eigenvalue weighted by Gasteiger charge is 2.33. The maximum atomic E-state index is 13.2. The van der Waals surface area contributed by atoms with E-state index in [2.05, 4.69) is 15.5 Å². The third-order valence-electron chi connectivity index (χ3n) is 5.86. The molecule has 1 saturated heterocycles. The summed E-state index contributed by atoms with van der Waals surface area (Å²) in [7, 11) is -2.01. The zero-order chi connectivity index (χ0) is 25.5. The molecule has 0 radical (unpaired) electrons. The van der Waals surface area contributed by atoms with Gasteiger partial charge in [0.05, 0.1) is 17.3 Å². The molecule has 1 aromatic heterocycles. The Morgan fingerprint density at radius 3 is 2.64 bits per heavy atom. The average molecular weight is 534 g/mol. The van der Waals surface area contributed by atoms with E-state index >= 15 is 0 Å². The number of carbonyl (C=O) groups is 1. The molecule has 1 N–H and O–H groups in total. The molecule has 1 fully saturated rings. The third-order valence-corrected chi connectivity index (χ3v) is 8.70. The SMILES string of the molecule is COCCn1c(SCC(=O)Nc2ccc(F)cc2)nnc1[C@@H]1CCCN(S(=O)(=O)c2ccccc2)C1. The first-order valence-corrected chi connectivity index (χ1v) is 14.0. The van der Waals surface area contributed by atoms with Crippen LogP contribution in [0.5, 0.6) is 0 Å². The van der Waals surface area contributed by atoms with E-state index in [0.29, 0.717) is 49.3 Å². The van der Waals surface area contributed by atoms with E-state index < -0.39 is 10.0 Å². The van der Waals surface area contributed by atoms with E-state index in [4.69, 9.17) is 4.74 Å². The van der Waals surface area contributed by atoms with Gasteiger partial charge in [-0.2, -0.15) is 4.31 Å². The summed E-state index contributed by atoms with van der Waals surface area (Å²) in [5.41, 5.74) is 0.505. The lowest BCUT2D eigenvalue weighted by molar-refractivity contribution is -0.113. The molecule has 3 aromatic rings. The lowest BCUT2D eigenvalue weighted by Gasteiger charge is -2.31. The maximum absolute atomic E-state index is 13.2. The molecule has 36 heavy (non-hydrogen) atoms. The van der Waals surface area contributed by atoms with Crippen LogP contribution in [-0.2, 0) is 26.1 Å². The summed E-state index contributed by atoms with van der Waals surface area (Å²) in [5, 5.41) is 12.0. The summed E-state index contributed by atoms with van der Waals surface area (Å²) in [5.74, 6) is -0.00142. The number of thioether (sulfide) groups is 1. The number of carbonyl (C=O) groups excluding carboxylic acids is 1. The molecule has 1 atom stereocenters. The number of aromatic nitrogens is 3. The van der Waals surface area contributed by atoms with E-state index in [1.807, 2.05) is 4.57 Å². The summed E-state index contributed by atoms with van der Waals surface area (Å²) in [4.78, 5) is 12.7. The van der Waals surface area contributed by atoms with Crippen molar-refractivity contribution in [2.75, 3.05) is 37.9 Å². The van der Waals surface area contributed by atoms with Crippen molar-refractivity contribution in [2.45, 2.75) is 35.4 Å². The molecule has 0 bridgehead atoms. The Labute approximate surface area is 214 Å². The number of methoxy groups -OCH3 is 1. The van der Waals surface area contributed by atoms with Crippen LogP contribution in [0, 0.1) is 5.82 Å². The van der Waals surface area contributed by atoms with Crippen molar-refractivity contribution in [1.29, 1.82) is 0 Å². The summed E-state index contributed by atoms with van der Waals surface area (Å²) < 4.78 is 48.1. The summed E-state index contributed by atoms with van der Waals surface area (Å²) in [6, 6.07) is 14.0. The second-order valence-corrected chi connectivity index (χ2v) is 11.2. The summed E-state index contributed by atoms with van der Waals surface area (Å²) in [6.07, 6.45) is 1.48. The van der Waals surface area contributed by atoms with Gasteiger partial charge in [-0.05, 0) is 49.2 Å². The normalized spacial score (nSPS) is 16.7. The van der Waals surface area contributed by atoms with Crippen LogP contribution in [0.4, 0.5) is 10.1 Å². The van der Waals surface area contributed by atoms with Crippen LogP contribution in [0.15, 0.2) is 64.6 Å². The molecule has 192 valence electrons. The van der Waals surface area contributed by atoms with Crippen molar-refractivity contribution < 1.29 is 22.3 Å².